The highest BCUT2D eigenvalue weighted by atomic mass is 127. The number of halogens is 2. The fraction of sp³-hybridized carbons (Fsp3) is 0.500. The average Bonchev–Trinajstić information content (AvgIpc) is 2.17. The van der Waals surface area contributed by atoms with Crippen molar-refractivity contribution in [1.82, 2.24) is 9.97 Å². The van der Waals surface area contributed by atoms with Crippen molar-refractivity contribution in [3.05, 3.63) is 16.1 Å². The van der Waals surface area contributed by atoms with Crippen LogP contribution < -0.4 is 5.32 Å². The van der Waals surface area contributed by atoms with Crippen molar-refractivity contribution in [2.24, 2.45) is 0 Å². The fourth-order valence-electron chi connectivity index (χ4n) is 0.862. The van der Waals surface area contributed by atoms with Crippen molar-refractivity contribution in [2.45, 2.75) is 19.4 Å². The lowest BCUT2D eigenvalue weighted by atomic mass is 10.2. The molecule has 0 aliphatic carbocycles. The van der Waals surface area contributed by atoms with E-state index in [1.54, 1.807) is 6.20 Å². The summed E-state index contributed by atoms with van der Waals surface area (Å²) in [5.41, 5.74) is 0. The molecule has 0 aliphatic rings. The lowest BCUT2D eigenvalue weighted by Gasteiger charge is -2.14. The lowest BCUT2D eigenvalue weighted by Crippen LogP contribution is -2.21. The van der Waals surface area contributed by atoms with Gasteiger partial charge in [0.05, 0.1) is 3.57 Å². The first-order valence-electron chi connectivity index (χ1n) is 4.06. The Kier molecular flexibility index (Phi) is 4.72. The van der Waals surface area contributed by atoms with Gasteiger partial charge in [-0.2, -0.15) is 0 Å². The van der Waals surface area contributed by atoms with Gasteiger partial charge in [0.2, 0.25) is 0 Å². The molecule has 1 atom stereocenters. The minimum absolute atomic E-state index is 0.282. The van der Waals surface area contributed by atoms with E-state index in [0.29, 0.717) is 5.88 Å². The molecule has 0 bridgehead atoms. The van der Waals surface area contributed by atoms with Crippen LogP contribution in [-0.2, 0) is 0 Å². The zero-order valence-electron chi connectivity index (χ0n) is 7.30. The van der Waals surface area contributed by atoms with Crippen LogP contribution in [0.25, 0.3) is 0 Å². The molecule has 0 fully saturated rings. The largest absolute Gasteiger partial charge is 0.365 e. The first-order valence-corrected chi connectivity index (χ1v) is 5.67. The summed E-state index contributed by atoms with van der Waals surface area (Å²) in [6.07, 6.45) is 4.30. The summed E-state index contributed by atoms with van der Waals surface area (Å²) in [4.78, 5) is 8.04. The van der Waals surface area contributed by atoms with Gasteiger partial charge in [0.1, 0.15) is 12.1 Å². The molecule has 0 spiro atoms. The number of nitrogens with one attached hydrogen (secondary N) is 1. The van der Waals surface area contributed by atoms with Gasteiger partial charge in [-0.3, -0.25) is 0 Å². The number of anilines is 1. The minimum atomic E-state index is 0.282. The third kappa shape index (κ3) is 3.27. The Morgan fingerprint density at radius 1 is 1.69 bits per heavy atom. The van der Waals surface area contributed by atoms with E-state index in [1.807, 2.05) is 0 Å². The van der Waals surface area contributed by atoms with Crippen molar-refractivity contribution in [3.63, 3.8) is 0 Å². The molecule has 0 saturated carbocycles. The Morgan fingerprint density at radius 2 is 2.46 bits per heavy atom. The summed E-state index contributed by atoms with van der Waals surface area (Å²) in [5, 5.41) is 3.26. The van der Waals surface area contributed by atoms with Crippen LogP contribution in [-0.4, -0.2) is 21.9 Å². The van der Waals surface area contributed by atoms with Gasteiger partial charge in [-0.1, -0.05) is 6.92 Å². The van der Waals surface area contributed by atoms with E-state index in [2.05, 4.69) is 44.8 Å². The van der Waals surface area contributed by atoms with Gasteiger partial charge in [-0.05, 0) is 29.0 Å². The summed E-state index contributed by atoms with van der Waals surface area (Å²) < 4.78 is 1.02. The quantitative estimate of drug-likeness (QED) is 0.686. The summed E-state index contributed by atoms with van der Waals surface area (Å²) in [6, 6.07) is 0.282. The van der Waals surface area contributed by atoms with E-state index < -0.39 is 0 Å². The molecule has 0 radical (unpaired) electrons. The minimum Gasteiger partial charge on any atom is -0.365 e. The van der Waals surface area contributed by atoms with Crippen LogP contribution in [0.1, 0.15) is 13.3 Å². The normalized spacial score (nSPS) is 12.5. The molecule has 0 amide bonds. The van der Waals surface area contributed by atoms with Crippen molar-refractivity contribution < 1.29 is 0 Å². The lowest BCUT2D eigenvalue weighted by molar-refractivity contribution is 0.763. The topological polar surface area (TPSA) is 37.8 Å². The molecular formula is C8H11ClIN3. The number of nitrogens with zero attached hydrogens (tertiary/aromatic N) is 2. The maximum Gasteiger partial charge on any atom is 0.143 e. The molecule has 1 aromatic heterocycles. The number of hydrogen-bond donors (Lipinski definition) is 1. The second-order valence-electron chi connectivity index (χ2n) is 2.62. The predicted molar refractivity (Wildman–Crippen MR) is 63.2 cm³/mol. The van der Waals surface area contributed by atoms with E-state index >= 15 is 0 Å². The number of hydrogen-bond acceptors (Lipinski definition) is 3. The predicted octanol–water partition coefficient (Wildman–Crippen LogP) is 2.51. The van der Waals surface area contributed by atoms with Crippen LogP contribution in [0.4, 0.5) is 5.82 Å². The van der Waals surface area contributed by atoms with Crippen molar-refractivity contribution in [2.75, 3.05) is 11.2 Å². The molecule has 1 unspecified atom stereocenters. The SMILES string of the molecule is CCC(CCl)Nc1ncncc1I. The van der Waals surface area contributed by atoms with Crippen LogP contribution >= 0.6 is 34.2 Å². The third-order valence-electron chi connectivity index (χ3n) is 1.69. The van der Waals surface area contributed by atoms with Crippen LogP contribution in [0.2, 0.25) is 0 Å². The molecule has 5 heteroatoms. The van der Waals surface area contributed by atoms with Gasteiger partial charge >= 0.3 is 0 Å². The summed E-state index contributed by atoms with van der Waals surface area (Å²) in [6.45, 7) is 2.09. The smallest absolute Gasteiger partial charge is 0.143 e. The van der Waals surface area contributed by atoms with Gasteiger partial charge in [-0.15, -0.1) is 11.6 Å². The van der Waals surface area contributed by atoms with E-state index in [-0.39, 0.29) is 6.04 Å². The van der Waals surface area contributed by atoms with E-state index in [9.17, 15) is 0 Å². The highest BCUT2D eigenvalue weighted by Gasteiger charge is 2.06. The summed E-state index contributed by atoms with van der Waals surface area (Å²) >= 11 is 7.96. The molecule has 1 aromatic rings. The van der Waals surface area contributed by atoms with Crippen molar-refractivity contribution in [3.8, 4) is 0 Å². The zero-order chi connectivity index (χ0) is 9.68. The highest BCUT2D eigenvalue weighted by molar-refractivity contribution is 14.1. The zero-order valence-corrected chi connectivity index (χ0v) is 10.2. The fourth-order valence-corrected chi connectivity index (χ4v) is 1.61. The Labute approximate surface area is 96.4 Å². The summed E-state index contributed by atoms with van der Waals surface area (Å²) in [7, 11) is 0. The van der Waals surface area contributed by atoms with Crippen LogP contribution in [0, 0.1) is 3.57 Å². The van der Waals surface area contributed by atoms with Crippen LogP contribution in [0.3, 0.4) is 0 Å². The van der Waals surface area contributed by atoms with Crippen molar-refractivity contribution in [1.29, 1.82) is 0 Å². The standard InChI is InChI=1S/C8H11ClIN3/c1-2-6(3-9)13-8-7(10)4-11-5-12-8/h4-6H,2-3H2,1H3,(H,11,12,13). The second kappa shape index (κ2) is 5.59. The third-order valence-corrected chi connectivity index (χ3v) is 2.85. The van der Waals surface area contributed by atoms with Gasteiger partial charge in [0, 0.05) is 18.1 Å². The van der Waals surface area contributed by atoms with Crippen LogP contribution in [0.15, 0.2) is 12.5 Å². The summed E-state index contributed by atoms with van der Waals surface area (Å²) in [5.74, 6) is 1.46. The van der Waals surface area contributed by atoms with E-state index in [4.69, 9.17) is 11.6 Å². The average molecular weight is 312 g/mol. The molecule has 72 valence electrons. The Morgan fingerprint density at radius 3 is 3.00 bits per heavy atom. The molecular weight excluding hydrogens is 300 g/mol. The van der Waals surface area contributed by atoms with Gasteiger partial charge in [-0.25, -0.2) is 9.97 Å². The highest BCUT2D eigenvalue weighted by Crippen LogP contribution is 2.14. The molecule has 0 aromatic carbocycles. The molecule has 1 rings (SSSR count). The number of alkyl halides is 1. The Hall–Kier alpha value is -0.100. The maximum atomic E-state index is 5.76. The maximum absolute atomic E-state index is 5.76. The van der Waals surface area contributed by atoms with Gasteiger partial charge in [0.15, 0.2) is 0 Å². The van der Waals surface area contributed by atoms with Gasteiger partial charge < -0.3 is 5.32 Å². The number of aromatic nitrogens is 2. The molecule has 3 nitrogen and oxygen atoms in total. The molecule has 0 saturated heterocycles. The molecule has 0 aliphatic heterocycles. The van der Waals surface area contributed by atoms with E-state index in [1.165, 1.54) is 6.33 Å². The first kappa shape index (κ1) is 11.0. The monoisotopic (exact) mass is 311 g/mol. The Balaban J connectivity index is 2.67. The van der Waals surface area contributed by atoms with Crippen LogP contribution in [0.5, 0.6) is 0 Å². The first-order chi connectivity index (χ1) is 6.27. The second-order valence-corrected chi connectivity index (χ2v) is 4.09. The molecule has 13 heavy (non-hydrogen) atoms. The van der Waals surface area contributed by atoms with Crippen molar-refractivity contribution >= 4 is 40.0 Å². The molecule has 1 N–H and O–H groups in total. The molecule has 1 heterocycles. The van der Waals surface area contributed by atoms with Gasteiger partial charge in [0.25, 0.3) is 0 Å². The number of rotatable bonds is 4. The Bertz CT molecular complexity index is 265. The van der Waals surface area contributed by atoms with E-state index in [0.717, 1.165) is 15.8 Å².